The normalized spacial score (nSPS) is 10.7. The molecule has 0 bridgehead atoms. The van der Waals surface area contributed by atoms with Crippen molar-refractivity contribution < 1.29 is 8.91 Å². The third kappa shape index (κ3) is 2.49. The summed E-state index contributed by atoms with van der Waals surface area (Å²) in [4.78, 5) is 8.18. The van der Waals surface area contributed by atoms with Crippen molar-refractivity contribution in [2.75, 3.05) is 5.73 Å². The molecule has 0 amide bonds. The molecule has 0 saturated heterocycles. The molecule has 0 aliphatic rings. The summed E-state index contributed by atoms with van der Waals surface area (Å²) < 4.78 is 18.5. The smallest absolute Gasteiger partial charge is 0.258 e. The number of halogens is 1. The monoisotopic (exact) mass is 270 g/mol. The largest absolute Gasteiger partial charge is 0.396 e. The van der Waals surface area contributed by atoms with Gasteiger partial charge < -0.3 is 10.3 Å². The average molecular weight is 270 g/mol. The molecule has 2 N–H and O–H groups in total. The lowest BCUT2D eigenvalue weighted by Gasteiger charge is -1.97. The van der Waals surface area contributed by atoms with E-state index in [1.54, 1.807) is 18.5 Å². The van der Waals surface area contributed by atoms with E-state index in [2.05, 4.69) is 15.1 Å². The number of benzene rings is 1. The molecule has 2 heterocycles. The third-order valence-corrected chi connectivity index (χ3v) is 2.83. The van der Waals surface area contributed by atoms with Gasteiger partial charge in [0.25, 0.3) is 5.89 Å². The summed E-state index contributed by atoms with van der Waals surface area (Å²) in [5, 5.41) is 3.88. The fourth-order valence-corrected chi connectivity index (χ4v) is 1.79. The quantitative estimate of drug-likeness (QED) is 0.739. The number of pyridine rings is 1. The zero-order valence-electron chi connectivity index (χ0n) is 10.5. The van der Waals surface area contributed by atoms with Crippen LogP contribution < -0.4 is 5.73 Å². The Morgan fingerprint density at radius 3 is 2.70 bits per heavy atom. The summed E-state index contributed by atoms with van der Waals surface area (Å²) in [6, 6.07) is 8.14. The molecular weight excluding hydrogens is 259 g/mol. The average Bonchev–Trinajstić information content (AvgIpc) is 2.91. The van der Waals surface area contributed by atoms with Crippen molar-refractivity contribution in [3.8, 4) is 11.5 Å². The predicted molar refractivity (Wildman–Crippen MR) is 71.1 cm³/mol. The molecule has 3 aromatic rings. The molecule has 2 aromatic heterocycles. The highest BCUT2D eigenvalue weighted by molar-refractivity contribution is 5.57. The van der Waals surface area contributed by atoms with Crippen LogP contribution in [-0.2, 0) is 6.42 Å². The number of nitrogen functional groups attached to an aromatic ring is 1. The molecule has 0 atom stereocenters. The zero-order chi connectivity index (χ0) is 13.9. The van der Waals surface area contributed by atoms with Gasteiger partial charge in [-0.3, -0.25) is 4.98 Å². The summed E-state index contributed by atoms with van der Waals surface area (Å²) in [6.45, 7) is 0. The molecule has 0 saturated carbocycles. The van der Waals surface area contributed by atoms with Crippen LogP contribution in [0.5, 0.6) is 0 Å². The molecule has 0 radical (unpaired) electrons. The van der Waals surface area contributed by atoms with E-state index in [4.69, 9.17) is 10.3 Å². The molecule has 1 aromatic carbocycles. The molecule has 6 heteroatoms. The summed E-state index contributed by atoms with van der Waals surface area (Å²) >= 11 is 0. The minimum absolute atomic E-state index is 0.0882. The number of nitrogens with zero attached hydrogens (tertiary/aromatic N) is 3. The van der Waals surface area contributed by atoms with Crippen LogP contribution >= 0.6 is 0 Å². The van der Waals surface area contributed by atoms with Crippen molar-refractivity contribution in [1.29, 1.82) is 0 Å². The fourth-order valence-electron chi connectivity index (χ4n) is 1.79. The van der Waals surface area contributed by atoms with Crippen LogP contribution in [0.2, 0.25) is 0 Å². The number of rotatable bonds is 3. The Balaban J connectivity index is 1.84. The highest BCUT2D eigenvalue weighted by atomic mass is 19.1. The topological polar surface area (TPSA) is 77.8 Å². The van der Waals surface area contributed by atoms with E-state index in [1.807, 2.05) is 12.1 Å². The highest BCUT2D eigenvalue weighted by Crippen LogP contribution is 2.21. The Morgan fingerprint density at radius 2 is 1.95 bits per heavy atom. The molecule has 20 heavy (non-hydrogen) atoms. The second-order valence-electron chi connectivity index (χ2n) is 4.28. The number of nitrogens with two attached hydrogens (primary N) is 1. The van der Waals surface area contributed by atoms with E-state index in [0.29, 0.717) is 17.8 Å². The van der Waals surface area contributed by atoms with E-state index in [-0.39, 0.29) is 11.6 Å². The van der Waals surface area contributed by atoms with E-state index < -0.39 is 5.82 Å². The van der Waals surface area contributed by atoms with E-state index in [9.17, 15) is 4.39 Å². The van der Waals surface area contributed by atoms with Crippen molar-refractivity contribution in [1.82, 2.24) is 15.1 Å². The maximum Gasteiger partial charge on any atom is 0.258 e. The Bertz CT molecular complexity index is 727. The van der Waals surface area contributed by atoms with Gasteiger partial charge >= 0.3 is 0 Å². The lowest BCUT2D eigenvalue weighted by Crippen LogP contribution is -1.92. The van der Waals surface area contributed by atoms with Crippen LogP contribution in [0.25, 0.3) is 11.5 Å². The molecule has 0 fully saturated rings. The first-order valence-corrected chi connectivity index (χ1v) is 5.99. The number of hydrogen-bond donors (Lipinski definition) is 1. The van der Waals surface area contributed by atoms with Gasteiger partial charge in [-0.1, -0.05) is 5.16 Å². The Hall–Kier alpha value is -2.76. The van der Waals surface area contributed by atoms with Crippen molar-refractivity contribution in [3.05, 3.63) is 59.9 Å². The molecular formula is C14H11FN4O. The lowest BCUT2D eigenvalue weighted by molar-refractivity contribution is 0.423. The van der Waals surface area contributed by atoms with Gasteiger partial charge in [0.2, 0.25) is 0 Å². The van der Waals surface area contributed by atoms with Crippen molar-refractivity contribution >= 4 is 5.69 Å². The molecule has 0 aliphatic carbocycles. The third-order valence-electron chi connectivity index (χ3n) is 2.83. The SMILES string of the molecule is Nc1ccc(-c2nc(Cc3ccncc3)no2)cc1F. The predicted octanol–water partition coefficient (Wildman–Crippen LogP) is 2.44. The Morgan fingerprint density at radius 1 is 1.15 bits per heavy atom. The Labute approximate surface area is 114 Å². The minimum Gasteiger partial charge on any atom is -0.396 e. The van der Waals surface area contributed by atoms with Gasteiger partial charge in [0.1, 0.15) is 5.82 Å². The molecule has 0 spiro atoms. The molecule has 3 rings (SSSR count). The molecule has 5 nitrogen and oxygen atoms in total. The lowest BCUT2D eigenvalue weighted by atomic mass is 10.2. The first kappa shape index (κ1) is 12.3. The van der Waals surface area contributed by atoms with Gasteiger partial charge in [0.05, 0.1) is 5.69 Å². The maximum absolute atomic E-state index is 13.4. The zero-order valence-corrected chi connectivity index (χ0v) is 10.5. The maximum atomic E-state index is 13.4. The van der Waals surface area contributed by atoms with Crippen LogP contribution in [0.3, 0.4) is 0 Å². The minimum atomic E-state index is -0.503. The first-order valence-electron chi connectivity index (χ1n) is 5.99. The molecule has 0 unspecified atom stereocenters. The van der Waals surface area contributed by atoms with Crippen LogP contribution in [0.15, 0.2) is 47.2 Å². The second-order valence-corrected chi connectivity index (χ2v) is 4.28. The van der Waals surface area contributed by atoms with E-state index >= 15 is 0 Å². The number of aromatic nitrogens is 3. The van der Waals surface area contributed by atoms with Gasteiger partial charge in [-0.15, -0.1) is 0 Å². The van der Waals surface area contributed by atoms with Crippen LogP contribution in [-0.4, -0.2) is 15.1 Å². The van der Waals surface area contributed by atoms with Crippen LogP contribution in [0, 0.1) is 5.82 Å². The molecule has 100 valence electrons. The highest BCUT2D eigenvalue weighted by Gasteiger charge is 2.11. The number of hydrogen-bond acceptors (Lipinski definition) is 5. The van der Waals surface area contributed by atoms with Crippen LogP contribution in [0.4, 0.5) is 10.1 Å². The standard InChI is InChI=1S/C14H11FN4O/c15-11-8-10(1-2-12(11)16)14-18-13(19-20-14)7-9-3-5-17-6-4-9/h1-6,8H,7,16H2. The van der Waals surface area contributed by atoms with E-state index in [0.717, 1.165) is 5.56 Å². The van der Waals surface area contributed by atoms with Gasteiger partial charge in [-0.05, 0) is 35.9 Å². The number of anilines is 1. The summed E-state index contributed by atoms with van der Waals surface area (Å²) in [5.41, 5.74) is 7.04. The van der Waals surface area contributed by atoms with E-state index in [1.165, 1.54) is 12.1 Å². The van der Waals surface area contributed by atoms with Gasteiger partial charge in [0.15, 0.2) is 5.82 Å². The summed E-state index contributed by atoms with van der Waals surface area (Å²) in [7, 11) is 0. The van der Waals surface area contributed by atoms with Crippen molar-refractivity contribution in [3.63, 3.8) is 0 Å². The van der Waals surface area contributed by atoms with Crippen molar-refractivity contribution in [2.24, 2.45) is 0 Å². The fraction of sp³-hybridized carbons (Fsp3) is 0.0714. The van der Waals surface area contributed by atoms with Crippen molar-refractivity contribution in [2.45, 2.75) is 6.42 Å². The summed E-state index contributed by atoms with van der Waals surface area (Å²) in [5.74, 6) is 0.299. The second kappa shape index (κ2) is 5.08. The Kier molecular flexibility index (Phi) is 3.12. The molecule has 0 aliphatic heterocycles. The van der Waals surface area contributed by atoms with Gasteiger partial charge in [0, 0.05) is 24.4 Å². The summed E-state index contributed by atoms with van der Waals surface area (Å²) in [6.07, 6.45) is 3.93. The van der Waals surface area contributed by atoms with Crippen LogP contribution in [0.1, 0.15) is 11.4 Å². The van der Waals surface area contributed by atoms with Gasteiger partial charge in [-0.25, -0.2) is 4.39 Å². The van der Waals surface area contributed by atoms with Gasteiger partial charge in [-0.2, -0.15) is 4.98 Å². The first-order chi connectivity index (χ1) is 9.72.